The van der Waals surface area contributed by atoms with Crippen molar-refractivity contribution in [1.29, 1.82) is 0 Å². The van der Waals surface area contributed by atoms with Gasteiger partial charge < -0.3 is 10.0 Å². The highest BCUT2D eigenvalue weighted by Crippen LogP contribution is 2.24. The first-order valence-electron chi connectivity index (χ1n) is 11.0. The second-order valence-electron chi connectivity index (χ2n) is 8.73. The van der Waals surface area contributed by atoms with Crippen LogP contribution in [-0.2, 0) is 6.54 Å². The molecule has 0 radical (unpaired) electrons. The lowest BCUT2D eigenvalue weighted by Gasteiger charge is -2.47. The van der Waals surface area contributed by atoms with Gasteiger partial charge in [0.2, 0.25) is 0 Å². The van der Waals surface area contributed by atoms with E-state index < -0.39 is 0 Å². The van der Waals surface area contributed by atoms with Crippen molar-refractivity contribution in [1.82, 2.24) is 24.5 Å². The van der Waals surface area contributed by atoms with Gasteiger partial charge in [-0.3, -0.25) is 9.80 Å². The lowest BCUT2D eigenvalue weighted by Crippen LogP contribution is -2.58. The number of aromatic nitrogens is 2. The Morgan fingerprint density at radius 1 is 1.14 bits per heavy atom. The van der Waals surface area contributed by atoms with Gasteiger partial charge in [-0.25, -0.2) is 4.68 Å². The third kappa shape index (κ3) is 4.89. The molecule has 0 bridgehead atoms. The van der Waals surface area contributed by atoms with Crippen molar-refractivity contribution in [3.8, 4) is 5.69 Å². The van der Waals surface area contributed by atoms with Crippen LogP contribution in [0.25, 0.3) is 5.69 Å². The molecule has 2 aliphatic rings. The molecule has 29 heavy (non-hydrogen) atoms. The Bertz CT molecular complexity index is 770. The second kappa shape index (κ2) is 9.39. The molecular weight excluding hydrogens is 362 g/mol. The number of hydrogen-bond donors (Lipinski definition) is 1. The van der Waals surface area contributed by atoms with Crippen LogP contribution in [0, 0.1) is 6.92 Å². The number of benzene rings is 1. The van der Waals surface area contributed by atoms with Crippen molar-refractivity contribution in [2.24, 2.45) is 0 Å². The Hall–Kier alpha value is -1.73. The maximum Gasteiger partial charge on any atom is 0.0648 e. The molecule has 3 heterocycles. The number of aliphatic hydroxyl groups is 1. The maximum atomic E-state index is 9.66. The highest BCUT2D eigenvalue weighted by molar-refractivity contribution is 5.39. The van der Waals surface area contributed by atoms with Crippen LogP contribution in [0.3, 0.4) is 0 Å². The Labute approximate surface area is 174 Å². The molecule has 4 rings (SSSR count). The van der Waals surface area contributed by atoms with Gasteiger partial charge >= 0.3 is 0 Å². The van der Waals surface area contributed by atoms with Crippen molar-refractivity contribution in [2.45, 2.75) is 44.8 Å². The van der Waals surface area contributed by atoms with E-state index in [9.17, 15) is 5.11 Å². The third-order valence-electron chi connectivity index (χ3n) is 6.72. The molecule has 2 aliphatic heterocycles. The van der Waals surface area contributed by atoms with Crippen LogP contribution in [0.1, 0.15) is 30.4 Å². The molecule has 2 saturated heterocycles. The summed E-state index contributed by atoms with van der Waals surface area (Å²) >= 11 is 0. The Balaban J connectivity index is 1.40. The van der Waals surface area contributed by atoms with E-state index in [1.165, 1.54) is 37.1 Å². The van der Waals surface area contributed by atoms with Gasteiger partial charge in [-0.15, -0.1) is 0 Å². The summed E-state index contributed by atoms with van der Waals surface area (Å²) in [6, 6.07) is 9.73. The number of nitrogens with zero attached hydrogens (tertiary/aromatic N) is 5. The van der Waals surface area contributed by atoms with Crippen molar-refractivity contribution < 1.29 is 5.11 Å². The molecule has 1 aromatic carbocycles. The SMILES string of the molecule is Cc1cc(-n2cccn2)ccc1CN1CCN(C2CCN(C)CC2)[C@@H](CCO)C1. The predicted molar refractivity (Wildman–Crippen MR) is 116 cm³/mol. The van der Waals surface area contributed by atoms with Crippen LogP contribution in [0.15, 0.2) is 36.7 Å². The standard InChI is InChI=1S/C23H35N5O/c1-19-16-22(28-10-3-9-24-28)5-4-20(19)17-26-13-14-27(23(18-26)8-15-29)21-6-11-25(2)12-7-21/h3-5,9-10,16,21,23,29H,6-8,11-15,17-18H2,1-2H3/t23-/m0/s1. The summed E-state index contributed by atoms with van der Waals surface area (Å²) < 4.78 is 1.91. The lowest BCUT2D eigenvalue weighted by atomic mass is 9.98. The quantitative estimate of drug-likeness (QED) is 0.809. The number of aliphatic hydroxyl groups excluding tert-OH is 1. The molecule has 1 atom stereocenters. The maximum absolute atomic E-state index is 9.66. The van der Waals surface area contributed by atoms with Crippen LogP contribution in [0.2, 0.25) is 0 Å². The zero-order valence-corrected chi connectivity index (χ0v) is 17.9. The smallest absolute Gasteiger partial charge is 0.0648 e. The molecule has 0 spiro atoms. The molecule has 6 heteroatoms. The lowest BCUT2D eigenvalue weighted by molar-refractivity contribution is 0.00594. The van der Waals surface area contributed by atoms with Crippen molar-refractivity contribution in [3.63, 3.8) is 0 Å². The normalized spacial score (nSPS) is 22.9. The number of piperazine rings is 1. The molecule has 158 valence electrons. The van der Waals surface area contributed by atoms with Crippen LogP contribution in [0.5, 0.6) is 0 Å². The molecule has 1 N–H and O–H groups in total. The van der Waals surface area contributed by atoms with E-state index in [4.69, 9.17) is 0 Å². The molecule has 1 aromatic heterocycles. The minimum absolute atomic E-state index is 0.277. The average Bonchev–Trinajstić information content (AvgIpc) is 3.26. The van der Waals surface area contributed by atoms with E-state index in [1.54, 1.807) is 0 Å². The fourth-order valence-electron chi connectivity index (χ4n) is 4.95. The van der Waals surface area contributed by atoms with E-state index in [0.717, 1.165) is 38.3 Å². The molecule has 0 saturated carbocycles. The summed E-state index contributed by atoms with van der Waals surface area (Å²) in [5.74, 6) is 0. The highest BCUT2D eigenvalue weighted by Gasteiger charge is 2.33. The number of likely N-dealkylation sites (tertiary alicyclic amines) is 1. The summed E-state index contributed by atoms with van der Waals surface area (Å²) in [7, 11) is 2.22. The van der Waals surface area contributed by atoms with Gasteiger partial charge in [0.05, 0.1) is 5.69 Å². The molecule has 0 aliphatic carbocycles. The Morgan fingerprint density at radius 2 is 1.97 bits per heavy atom. The molecule has 2 aromatic rings. The van der Waals surface area contributed by atoms with Gasteiger partial charge in [-0.05, 0) is 75.6 Å². The van der Waals surface area contributed by atoms with Crippen LogP contribution < -0.4 is 0 Å². The molecule has 2 fully saturated rings. The highest BCUT2D eigenvalue weighted by atomic mass is 16.3. The summed E-state index contributed by atoms with van der Waals surface area (Å²) in [4.78, 5) is 7.71. The van der Waals surface area contributed by atoms with E-state index in [2.05, 4.69) is 52.0 Å². The zero-order chi connectivity index (χ0) is 20.2. The minimum Gasteiger partial charge on any atom is -0.396 e. The van der Waals surface area contributed by atoms with Crippen molar-refractivity contribution >= 4 is 0 Å². The predicted octanol–water partition coefficient (Wildman–Crippen LogP) is 2.14. The van der Waals surface area contributed by atoms with Crippen LogP contribution in [-0.4, -0.2) is 88.0 Å². The van der Waals surface area contributed by atoms with Crippen LogP contribution >= 0.6 is 0 Å². The topological polar surface area (TPSA) is 47.8 Å². The number of rotatable bonds is 6. The van der Waals surface area contributed by atoms with Gasteiger partial charge in [-0.1, -0.05) is 6.07 Å². The van der Waals surface area contributed by atoms with Gasteiger partial charge in [0, 0.05) is 57.3 Å². The van der Waals surface area contributed by atoms with Gasteiger partial charge in [-0.2, -0.15) is 5.10 Å². The number of hydrogen-bond acceptors (Lipinski definition) is 5. The Kier molecular flexibility index (Phi) is 6.65. The summed E-state index contributed by atoms with van der Waals surface area (Å²) in [6.07, 6.45) is 7.18. The number of piperidine rings is 1. The second-order valence-corrected chi connectivity index (χ2v) is 8.73. The van der Waals surface area contributed by atoms with Crippen molar-refractivity contribution in [3.05, 3.63) is 47.8 Å². The fourth-order valence-corrected chi connectivity index (χ4v) is 4.95. The van der Waals surface area contributed by atoms with Gasteiger partial charge in [0.15, 0.2) is 0 Å². The minimum atomic E-state index is 0.277. The zero-order valence-electron chi connectivity index (χ0n) is 17.9. The van der Waals surface area contributed by atoms with Gasteiger partial charge in [0.25, 0.3) is 0 Å². The van der Waals surface area contributed by atoms with E-state index in [-0.39, 0.29) is 6.61 Å². The van der Waals surface area contributed by atoms with Gasteiger partial charge in [0.1, 0.15) is 0 Å². The summed E-state index contributed by atoms with van der Waals surface area (Å²) in [5, 5.41) is 14.0. The van der Waals surface area contributed by atoms with E-state index in [0.29, 0.717) is 12.1 Å². The summed E-state index contributed by atoms with van der Waals surface area (Å²) in [6.45, 7) is 9.11. The third-order valence-corrected chi connectivity index (χ3v) is 6.72. The fraction of sp³-hybridized carbons (Fsp3) is 0.609. The summed E-state index contributed by atoms with van der Waals surface area (Å²) in [5.41, 5.74) is 3.81. The van der Waals surface area contributed by atoms with Crippen molar-refractivity contribution in [2.75, 3.05) is 46.4 Å². The van der Waals surface area contributed by atoms with E-state index >= 15 is 0 Å². The largest absolute Gasteiger partial charge is 0.396 e. The molecule has 6 nitrogen and oxygen atoms in total. The first kappa shape index (κ1) is 20.5. The first-order valence-corrected chi connectivity index (χ1v) is 11.0. The molecule has 0 unspecified atom stereocenters. The molecular formula is C23H35N5O. The average molecular weight is 398 g/mol. The Morgan fingerprint density at radius 3 is 2.66 bits per heavy atom. The van der Waals surface area contributed by atoms with E-state index in [1.807, 2.05) is 23.1 Å². The number of aryl methyl sites for hydroxylation is 1. The first-order chi connectivity index (χ1) is 14.1. The van der Waals surface area contributed by atoms with Crippen LogP contribution in [0.4, 0.5) is 0 Å². The molecule has 0 amide bonds. The monoisotopic (exact) mass is 397 g/mol.